The third-order valence-electron chi connectivity index (χ3n) is 3.56. The van der Waals surface area contributed by atoms with E-state index in [1.165, 1.54) is 0 Å². The van der Waals surface area contributed by atoms with Crippen LogP contribution in [-0.4, -0.2) is 16.7 Å². The molecule has 3 aromatic rings. The first-order valence-electron chi connectivity index (χ1n) is 7.13. The number of nitrogens with one attached hydrogen (secondary N) is 2. The molecule has 6 heteroatoms. The highest BCUT2D eigenvalue weighted by molar-refractivity contribution is 5.78. The standard InChI is InChI=1S/C17H15N3O3/c21-10-13(11-4-2-1-3-5-11)20-15-14(16(22)17(15)23)19-12-6-8-18-9-7-12/h1-9,13,20-21H,10H2,(H,18,19)/t13-/m1/s1. The van der Waals surface area contributed by atoms with Gasteiger partial charge in [-0.1, -0.05) is 30.3 Å². The molecule has 6 nitrogen and oxygen atoms in total. The second-order valence-electron chi connectivity index (χ2n) is 5.06. The molecule has 0 bridgehead atoms. The Labute approximate surface area is 132 Å². The van der Waals surface area contributed by atoms with Crippen molar-refractivity contribution in [3.05, 3.63) is 80.9 Å². The zero-order chi connectivity index (χ0) is 16.2. The van der Waals surface area contributed by atoms with Crippen molar-refractivity contribution < 1.29 is 5.11 Å². The molecule has 3 N–H and O–H groups in total. The average molecular weight is 309 g/mol. The number of pyridine rings is 1. The highest BCUT2D eigenvalue weighted by Gasteiger charge is 2.23. The first kappa shape index (κ1) is 14.9. The molecule has 0 unspecified atom stereocenters. The lowest BCUT2D eigenvalue weighted by atomic mass is 10.1. The summed E-state index contributed by atoms with van der Waals surface area (Å²) in [5.41, 5.74) is 0.726. The Morgan fingerprint density at radius 1 is 0.957 bits per heavy atom. The number of hydrogen-bond donors (Lipinski definition) is 3. The summed E-state index contributed by atoms with van der Waals surface area (Å²) in [5.74, 6) is 0. The molecule has 2 aromatic carbocycles. The second-order valence-corrected chi connectivity index (χ2v) is 5.06. The van der Waals surface area contributed by atoms with E-state index in [1.807, 2.05) is 30.3 Å². The van der Waals surface area contributed by atoms with Gasteiger partial charge in [-0.25, -0.2) is 0 Å². The van der Waals surface area contributed by atoms with Gasteiger partial charge in [0.1, 0.15) is 11.4 Å². The van der Waals surface area contributed by atoms with Crippen LogP contribution < -0.4 is 21.5 Å². The van der Waals surface area contributed by atoms with Gasteiger partial charge in [0.15, 0.2) is 0 Å². The van der Waals surface area contributed by atoms with Crippen molar-refractivity contribution in [3.63, 3.8) is 0 Å². The molecule has 23 heavy (non-hydrogen) atoms. The van der Waals surface area contributed by atoms with Crippen LogP contribution in [0.4, 0.5) is 17.1 Å². The van der Waals surface area contributed by atoms with Crippen molar-refractivity contribution in [3.8, 4) is 0 Å². The molecule has 0 saturated carbocycles. The third-order valence-corrected chi connectivity index (χ3v) is 3.56. The smallest absolute Gasteiger partial charge is 0.253 e. The molecule has 0 aliphatic rings. The Bertz CT molecular complexity index is 856. The van der Waals surface area contributed by atoms with E-state index in [4.69, 9.17) is 0 Å². The van der Waals surface area contributed by atoms with Gasteiger partial charge in [-0.15, -0.1) is 0 Å². The third kappa shape index (κ3) is 2.97. The number of aliphatic hydroxyl groups is 1. The summed E-state index contributed by atoms with van der Waals surface area (Å²) >= 11 is 0. The van der Waals surface area contributed by atoms with Crippen molar-refractivity contribution in [2.45, 2.75) is 6.04 Å². The van der Waals surface area contributed by atoms with E-state index in [0.717, 1.165) is 5.56 Å². The molecular formula is C17H15N3O3. The molecule has 0 radical (unpaired) electrons. The Morgan fingerprint density at radius 3 is 2.26 bits per heavy atom. The van der Waals surface area contributed by atoms with Crippen molar-refractivity contribution in [1.82, 2.24) is 4.98 Å². The van der Waals surface area contributed by atoms with Gasteiger partial charge >= 0.3 is 0 Å². The van der Waals surface area contributed by atoms with Gasteiger partial charge in [0.25, 0.3) is 10.9 Å². The van der Waals surface area contributed by atoms with Gasteiger partial charge in [-0.3, -0.25) is 14.6 Å². The largest absolute Gasteiger partial charge is 0.394 e. The van der Waals surface area contributed by atoms with Crippen molar-refractivity contribution in [2.75, 3.05) is 17.2 Å². The van der Waals surface area contributed by atoms with Gasteiger partial charge in [-0.2, -0.15) is 0 Å². The number of hydrogen-bond acceptors (Lipinski definition) is 6. The molecule has 0 amide bonds. The van der Waals surface area contributed by atoms with Crippen LogP contribution in [0.2, 0.25) is 0 Å². The van der Waals surface area contributed by atoms with E-state index in [1.54, 1.807) is 24.5 Å². The summed E-state index contributed by atoms with van der Waals surface area (Å²) in [6.45, 7) is -0.197. The fourth-order valence-corrected chi connectivity index (χ4v) is 2.32. The second kappa shape index (κ2) is 6.41. The highest BCUT2D eigenvalue weighted by Crippen LogP contribution is 2.24. The van der Waals surface area contributed by atoms with E-state index in [0.29, 0.717) is 5.69 Å². The van der Waals surface area contributed by atoms with Crippen molar-refractivity contribution in [1.29, 1.82) is 0 Å². The number of nitrogens with zero attached hydrogens (tertiary/aromatic N) is 1. The van der Waals surface area contributed by atoms with Crippen LogP contribution in [0.3, 0.4) is 0 Å². The number of benzene rings is 1. The summed E-state index contributed by atoms with van der Waals surface area (Å²) in [4.78, 5) is 27.5. The minimum Gasteiger partial charge on any atom is -0.394 e. The fourth-order valence-electron chi connectivity index (χ4n) is 2.32. The fraction of sp³-hybridized carbons (Fsp3) is 0.118. The van der Waals surface area contributed by atoms with Gasteiger partial charge in [0, 0.05) is 18.1 Å². The Balaban J connectivity index is 1.85. The zero-order valence-electron chi connectivity index (χ0n) is 12.2. The van der Waals surface area contributed by atoms with Crippen molar-refractivity contribution in [2.24, 2.45) is 0 Å². The maximum Gasteiger partial charge on any atom is 0.253 e. The van der Waals surface area contributed by atoms with Crippen LogP contribution in [0.15, 0.2) is 64.4 Å². The van der Waals surface area contributed by atoms with Gasteiger partial charge < -0.3 is 15.7 Å². The lowest BCUT2D eigenvalue weighted by molar-refractivity contribution is 0.276. The van der Waals surface area contributed by atoms with E-state index in [9.17, 15) is 14.7 Å². The lowest BCUT2D eigenvalue weighted by Crippen LogP contribution is -2.37. The molecule has 0 aliphatic heterocycles. The molecule has 1 heterocycles. The topological polar surface area (TPSA) is 91.3 Å². The Hall–Kier alpha value is -2.99. The molecule has 0 fully saturated rings. The highest BCUT2D eigenvalue weighted by atomic mass is 16.3. The average Bonchev–Trinajstić information content (AvgIpc) is 2.62. The van der Waals surface area contributed by atoms with Crippen LogP contribution in [-0.2, 0) is 0 Å². The van der Waals surface area contributed by atoms with E-state index < -0.39 is 16.9 Å². The normalized spacial score (nSPS) is 12.0. The predicted molar refractivity (Wildman–Crippen MR) is 88.8 cm³/mol. The monoisotopic (exact) mass is 309 g/mol. The predicted octanol–water partition coefficient (Wildman–Crippen LogP) is 1.57. The minimum atomic E-state index is -0.587. The maximum absolute atomic E-state index is 11.8. The van der Waals surface area contributed by atoms with E-state index >= 15 is 0 Å². The number of rotatable bonds is 6. The molecular weight excluding hydrogens is 294 g/mol. The summed E-state index contributed by atoms with van der Waals surface area (Å²) < 4.78 is 0. The number of aromatic nitrogens is 1. The first-order valence-corrected chi connectivity index (χ1v) is 7.13. The molecule has 0 saturated heterocycles. The Kier molecular flexibility index (Phi) is 4.16. The quantitative estimate of drug-likeness (QED) is 0.599. The molecule has 1 atom stereocenters. The molecule has 0 aliphatic carbocycles. The lowest BCUT2D eigenvalue weighted by Gasteiger charge is -2.21. The van der Waals surface area contributed by atoms with Gasteiger partial charge in [-0.05, 0) is 17.7 Å². The first-order chi connectivity index (χ1) is 11.2. The zero-order valence-corrected chi connectivity index (χ0v) is 12.2. The van der Waals surface area contributed by atoms with Gasteiger partial charge in [0.2, 0.25) is 0 Å². The molecule has 0 spiro atoms. The number of anilines is 3. The van der Waals surface area contributed by atoms with Crippen molar-refractivity contribution >= 4 is 17.1 Å². The van der Waals surface area contributed by atoms with Gasteiger partial charge in [0.05, 0.1) is 12.6 Å². The SMILES string of the molecule is O=c1c(Nc2ccncc2)c(N[C@H](CO)c2ccccc2)c1=O. The summed E-state index contributed by atoms with van der Waals surface area (Å²) in [7, 11) is 0. The molecule has 1 aromatic heterocycles. The van der Waals surface area contributed by atoms with Crippen LogP contribution in [0.1, 0.15) is 11.6 Å². The maximum atomic E-state index is 11.8. The van der Waals surface area contributed by atoms with E-state index in [2.05, 4.69) is 15.6 Å². The van der Waals surface area contributed by atoms with Crippen LogP contribution in [0, 0.1) is 0 Å². The number of aliphatic hydroxyl groups excluding tert-OH is 1. The van der Waals surface area contributed by atoms with E-state index in [-0.39, 0.29) is 18.0 Å². The van der Waals surface area contributed by atoms with Crippen LogP contribution in [0.5, 0.6) is 0 Å². The van der Waals surface area contributed by atoms with Crippen LogP contribution in [0.25, 0.3) is 0 Å². The Morgan fingerprint density at radius 2 is 1.61 bits per heavy atom. The summed E-state index contributed by atoms with van der Waals surface area (Å²) in [6.07, 6.45) is 3.17. The minimum absolute atomic E-state index is 0.190. The molecule has 116 valence electrons. The molecule has 3 rings (SSSR count). The summed E-state index contributed by atoms with van der Waals surface area (Å²) in [5, 5.41) is 15.4. The summed E-state index contributed by atoms with van der Waals surface area (Å²) in [6, 6.07) is 12.2. The van der Waals surface area contributed by atoms with Crippen LogP contribution >= 0.6 is 0 Å².